The van der Waals surface area contributed by atoms with Gasteiger partial charge in [-0.05, 0) is 93.8 Å². The number of aryl methyl sites for hydroxylation is 3. The monoisotopic (exact) mass is 442 g/mol. The zero-order valence-electron chi connectivity index (χ0n) is 21.6. The summed E-state index contributed by atoms with van der Waals surface area (Å²) >= 11 is 0. The number of allylic oxidation sites excluding steroid dienone is 3. The Hall–Kier alpha value is -2.52. The molecule has 2 aromatic rings. The number of carbonyl (C=O) groups excluding carboxylic acids is 1. The highest BCUT2D eigenvalue weighted by Crippen LogP contribution is 2.20. The van der Waals surface area contributed by atoms with Gasteiger partial charge in [0.2, 0.25) is 0 Å². The average Bonchev–Trinajstić information content (AvgIpc) is 2.79. The Morgan fingerprint density at radius 2 is 1.44 bits per heavy atom. The number of aliphatic hydroxyl groups is 1. The molecule has 2 nitrogen and oxygen atoms in total. The van der Waals surface area contributed by atoms with Gasteiger partial charge >= 0.3 is 0 Å². The molecule has 0 aromatic heterocycles. The summed E-state index contributed by atoms with van der Waals surface area (Å²) in [6.45, 7) is 19.5. The second kappa shape index (κ2) is 18.1. The first-order valence-electron chi connectivity index (χ1n) is 11.2. The third kappa shape index (κ3) is 11.8. The van der Waals surface area contributed by atoms with Crippen LogP contribution in [0.25, 0.3) is 0 Å². The van der Waals surface area contributed by atoms with Gasteiger partial charge < -0.3 is 5.11 Å². The fraction of sp³-hybridized carbons (Fsp3) is 0.414. The topological polar surface area (TPSA) is 37.3 Å². The summed E-state index contributed by atoms with van der Waals surface area (Å²) in [5, 5.41) is 7.00. The number of rotatable bonds is 6. The van der Waals surface area contributed by atoms with Crippen LogP contribution in [0.2, 0.25) is 0 Å². The van der Waals surface area contributed by atoms with E-state index in [1.807, 2.05) is 32.9 Å². The summed E-state index contributed by atoms with van der Waals surface area (Å²) in [7, 11) is 1.00. The molecule has 32 heavy (non-hydrogen) atoms. The molecule has 3 heteroatoms. The van der Waals surface area contributed by atoms with E-state index in [0.717, 1.165) is 36.7 Å². The molecule has 0 aliphatic carbocycles. The maximum Gasteiger partial charge on any atom is 0.134 e. The van der Waals surface area contributed by atoms with Crippen molar-refractivity contribution in [3.8, 4) is 0 Å². The van der Waals surface area contributed by atoms with Crippen LogP contribution in [0.4, 0.5) is 4.39 Å². The lowest BCUT2D eigenvalue weighted by molar-refractivity contribution is -0.116. The van der Waals surface area contributed by atoms with Crippen molar-refractivity contribution in [1.82, 2.24) is 0 Å². The highest BCUT2D eigenvalue weighted by Gasteiger charge is 2.05. The maximum atomic E-state index is 12.6. The van der Waals surface area contributed by atoms with Crippen LogP contribution in [0.15, 0.2) is 60.2 Å². The number of hydrogen-bond donors (Lipinski definition) is 1. The Labute approximate surface area is 195 Å². The molecule has 0 heterocycles. The molecule has 0 spiro atoms. The second-order valence-electron chi connectivity index (χ2n) is 7.43. The lowest BCUT2D eigenvalue weighted by Crippen LogP contribution is -1.97. The SMILES string of the molecule is C=C/C(CC(C)=O)=C(\C)CCc1cccc(C)c1C.CC.CO.Cc1cccc(F)c1C. The summed E-state index contributed by atoms with van der Waals surface area (Å²) in [6.07, 6.45) is 4.33. The Kier molecular flexibility index (Phi) is 17.9. The molecule has 0 radical (unpaired) electrons. The van der Waals surface area contributed by atoms with Crippen LogP contribution in [-0.4, -0.2) is 18.0 Å². The molecule has 0 fully saturated rings. The standard InChI is InChI=1S/C18H24O.C8H9F.C2H6.CH4O/c1-6-17(12-15(4)19)14(3)10-11-18-9-7-8-13(2)16(18)5;1-6-4-3-5-8(9)7(6)2;2*1-2/h6-9H,1,10-12H2,2-5H3;3-5H,1-2H3;1-2H3;2H,1H3/b17-14-;;;. The molecule has 0 unspecified atom stereocenters. The molecule has 2 rings (SSSR count). The van der Waals surface area contributed by atoms with Crippen molar-refractivity contribution in [2.45, 2.75) is 74.7 Å². The van der Waals surface area contributed by atoms with Crippen molar-refractivity contribution in [3.63, 3.8) is 0 Å². The van der Waals surface area contributed by atoms with E-state index in [1.165, 1.54) is 28.3 Å². The van der Waals surface area contributed by atoms with Crippen LogP contribution in [-0.2, 0) is 11.2 Å². The summed E-state index contributed by atoms with van der Waals surface area (Å²) in [5.74, 6) is 0.0796. The largest absolute Gasteiger partial charge is 0.400 e. The average molecular weight is 443 g/mol. The number of aliphatic hydroxyl groups excluding tert-OH is 1. The van der Waals surface area contributed by atoms with E-state index in [2.05, 4.69) is 45.5 Å². The highest BCUT2D eigenvalue weighted by molar-refractivity contribution is 5.79. The molecular formula is C29H43FO2. The van der Waals surface area contributed by atoms with E-state index in [1.54, 1.807) is 19.9 Å². The number of ketones is 1. The van der Waals surface area contributed by atoms with Gasteiger partial charge in [-0.3, -0.25) is 4.79 Å². The number of hydrogen-bond acceptors (Lipinski definition) is 2. The quantitative estimate of drug-likeness (QED) is 0.463. The number of carbonyl (C=O) groups is 1. The van der Waals surface area contributed by atoms with Gasteiger partial charge in [0.15, 0.2) is 0 Å². The van der Waals surface area contributed by atoms with Crippen LogP contribution in [0.1, 0.15) is 68.4 Å². The molecular weight excluding hydrogens is 399 g/mol. The van der Waals surface area contributed by atoms with Gasteiger partial charge in [0.25, 0.3) is 0 Å². The van der Waals surface area contributed by atoms with Gasteiger partial charge in [0.1, 0.15) is 11.6 Å². The predicted octanol–water partition coefficient (Wildman–Crippen LogP) is 7.79. The van der Waals surface area contributed by atoms with Crippen LogP contribution in [0.3, 0.4) is 0 Å². The Morgan fingerprint density at radius 3 is 1.88 bits per heavy atom. The second-order valence-corrected chi connectivity index (χ2v) is 7.43. The van der Waals surface area contributed by atoms with Crippen molar-refractivity contribution in [1.29, 1.82) is 0 Å². The molecule has 0 saturated carbocycles. The smallest absolute Gasteiger partial charge is 0.134 e. The fourth-order valence-corrected chi connectivity index (χ4v) is 2.95. The first-order valence-corrected chi connectivity index (χ1v) is 11.2. The first kappa shape index (κ1) is 31.7. The molecule has 0 amide bonds. The van der Waals surface area contributed by atoms with Crippen molar-refractivity contribution in [2.75, 3.05) is 7.11 Å². The minimum atomic E-state index is -0.116. The molecule has 0 aliphatic rings. The van der Waals surface area contributed by atoms with E-state index in [-0.39, 0.29) is 11.6 Å². The minimum Gasteiger partial charge on any atom is -0.400 e. The summed E-state index contributed by atoms with van der Waals surface area (Å²) in [5.41, 5.74) is 8.22. The molecule has 0 bridgehead atoms. The van der Waals surface area contributed by atoms with Gasteiger partial charge in [-0.15, -0.1) is 0 Å². The van der Waals surface area contributed by atoms with Crippen molar-refractivity contribution in [2.24, 2.45) is 0 Å². The zero-order chi connectivity index (χ0) is 25.3. The van der Waals surface area contributed by atoms with Gasteiger partial charge in [-0.1, -0.05) is 62.4 Å². The Morgan fingerprint density at radius 1 is 0.938 bits per heavy atom. The lowest BCUT2D eigenvalue weighted by atomic mass is 9.95. The van der Waals surface area contributed by atoms with Crippen LogP contribution in [0.5, 0.6) is 0 Å². The fourth-order valence-electron chi connectivity index (χ4n) is 2.95. The number of benzene rings is 2. The maximum absolute atomic E-state index is 12.6. The zero-order valence-corrected chi connectivity index (χ0v) is 21.6. The van der Waals surface area contributed by atoms with Crippen LogP contribution in [0, 0.1) is 33.5 Å². The molecule has 2 aromatic carbocycles. The minimum absolute atomic E-state index is 0.116. The summed E-state index contributed by atoms with van der Waals surface area (Å²) in [4.78, 5) is 11.2. The van der Waals surface area contributed by atoms with E-state index in [0.29, 0.717) is 6.42 Å². The Bertz CT molecular complexity index is 843. The van der Waals surface area contributed by atoms with Crippen molar-refractivity contribution >= 4 is 5.78 Å². The van der Waals surface area contributed by atoms with Gasteiger partial charge in [0, 0.05) is 13.5 Å². The van der Waals surface area contributed by atoms with Gasteiger partial charge in [-0.25, -0.2) is 4.39 Å². The van der Waals surface area contributed by atoms with Gasteiger partial charge in [0.05, 0.1) is 0 Å². The Balaban J connectivity index is 0. The normalized spacial score (nSPS) is 10.2. The van der Waals surface area contributed by atoms with Gasteiger partial charge in [-0.2, -0.15) is 0 Å². The summed E-state index contributed by atoms with van der Waals surface area (Å²) in [6, 6.07) is 11.5. The van der Waals surface area contributed by atoms with Crippen molar-refractivity contribution < 1.29 is 14.3 Å². The predicted molar refractivity (Wildman–Crippen MR) is 138 cm³/mol. The van der Waals surface area contributed by atoms with Crippen LogP contribution >= 0.6 is 0 Å². The van der Waals surface area contributed by atoms with Crippen molar-refractivity contribution in [3.05, 3.63) is 93.8 Å². The number of halogens is 1. The molecule has 0 atom stereocenters. The highest BCUT2D eigenvalue weighted by atomic mass is 19.1. The molecule has 0 aliphatic heterocycles. The lowest BCUT2D eigenvalue weighted by Gasteiger charge is -2.11. The third-order valence-corrected chi connectivity index (χ3v) is 5.26. The molecule has 1 N–H and O–H groups in total. The van der Waals surface area contributed by atoms with E-state index >= 15 is 0 Å². The van der Waals surface area contributed by atoms with E-state index in [4.69, 9.17) is 5.11 Å². The van der Waals surface area contributed by atoms with E-state index < -0.39 is 0 Å². The summed E-state index contributed by atoms with van der Waals surface area (Å²) < 4.78 is 12.6. The van der Waals surface area contributed by atoms with E-state index in [9.17, 15) is 9.18 Å². The third-order valence-electron chi connectivity index (χ3n) is 5.26. The number of Topliss-reactive ketones (excluding diaryl/α,β-unsaturated/α-hetero) is 1. The molecule has 178 valence electrons. The van der Waals surface area contributed by atoms with Crippen LogP contribution < -0.4 is 0 Å². The first-order chi connectivity index (χ1) is 15.2. The molecule has 0 saturated heterocycles.